The number of pyridine rings is 1. The van der Waals surface area contributed by atoms with E-state index in [9.17, 15) is 4.39 Å². The van der Waals surface area contributed by atoms with Crippen LogP contribution < -0.4 is 5.73 Å². The third kappa shape index (κ3) is 2.52. The first-order chi connectivity index (χ1) is 7.77. The van der Waals surface area contributed by atoms with Crippen molar-refractivity contribution in [1.82, 2.24) is 4.98 Å². The highest BCUT2D eigenvalue weighted by Gasteiger charge is 2.06. The van der Waals surface area contributed by atoms with E-state index < -0.39 is 0 Å². The third-order valence-corrected chi connectivity index (χ3v) is 3.23. The van der Waals surface area contributed by atoms with Crippen LogP contribution in [0.15, 0.2) is 47.6 Å². The number of nitrogen functional groups attached to an aromatic ring is 1. The molecule has 2 N–H and O–H groups in total. The van der Waals surface area contributed by atoms with Crippen LogP contribution in [-0.2, 0) is 5.75 Å². The first-order valence-corrected chi connectivity index (χ1v) is 5.81. The van der Waals surface area contributed by atoms with Gasteiger partial charge in [0.15, 0.2) is 0 Å². The summed E-state index contributed by atoms with van der Waals surface area (Å²) in [6.07, 6.45) is 3.43. The first-order valence-electron chi connectivity index (χ1n) is 4.83. The van der Waals surface area contributed by atoms with Crippen molar-refractivity contribution < 1.29 is 4.39 Å². The van der Waals surface area contributed by atoms with Gasteiger partial charge in [0.1, 0.15) is 5.82 Å². The minimum Gasteiger partial charge on any atom is -0.398 e. The van der Waals surface area contributed by atoms with Crippen molar-refractivity contribution in [1.29, 1.82) is 0 Å². The molecular weight excluding hydrogens is 223 g/mol. The molecule has 0 saturated carbocycles. The summed E-state index contributed by atoms with van der Waals surface area (Å²) in [6.45, 7) is 0. The van der Waals surface area contributed by atoms with Crippen LogP contribution >= 0.6 is 11.8 Å². The molecule has 0 aliphatic rings. The van der Waals surface area contributed by atoms with Crippen LogP contribution in [0.1, 0.15) is 5.56 Å². The third-order valence-electron chi connectivity index (χ3n) is 2.19. The molecule has 0 bridgehead atoms. The Kier molecular flexibility index (Phi) is 3.41. The molecule has 2 aromatic rings. The fourth-order valence-electron chi connectivity index (χ4n) is 1.32. The summed E-state index contributed by atoms with van der Waals surface area (Å²) in [5.74, 6) is 0.282. The fraction of sp³-hybridized carbons (Fsp3) is 0.0833. The molecule has 0 radical (unpaired) electrons. The summed E-state index contributed by atoms with van der Waals surface area (Å²) in [4.78, 5) is 4.98. The molecule has 16 heavy (non-hydrogen) atoms. The summed E-state index contributed by atoms with van der Waals surface area (Å²) < 4.78 is 13.4. The molecular formula is C12H11FN2S. The lowest BCUT2D eigenvalue weighted by molar-refractivity contribution is 0.618. The van der Waals surface area contributed by atoms with E-state index in [0.29, 0.717) is 17.0 Å². The maximum atomic E-state index is 13.4. The smallest absolute Gasteiger partial charge is 0.129 e. The molecule has 0 atom stereocenters. The molecule has 1 heterocycles. The van der Waals surface area contributed by atoms with E-state index in [0.717, 1.165) is 4.90 Å². The van der Waals surface area contributed by atoms with Crippen molar-refractivity contribution in [2.45, 2.75) is 10.6 Å². The number of anilines is 1. The second-order valence-corrected chi connectivity index (χ2v) is 4.33. The van der Waals surface area contributed by atoms with E-state index >= 15 is 0 Å². The van der Waals surface area contributed by atoms with Crippen LogP contribution in [0.25, 0.3) is 0 Å². The Balaban J connectivity index is 2.11. The van der Waals surface area contributed by atoms with Crippen LogP contribution in [0.2, 0.25) is 0 Å². The molecule has 82 valence electrons. The predicted octanol–water partition coefficient (Wildman–Crippen LogP) is 3.10. The number of nitrogens with zero attached hydrogens (tertiary/aromatic N) is 1. The Morgan fingerprint density at radius 2 is 1.94 bits per heavy atom. The molecule has 2 nitrogen and oxygen atoms in total. The van der Waals surface area contributed by atoms with Crippen molar-refractivity contribution in [3.63, 3.8) is 0 Å². The number of aromatic nitrogens is 1. The largest absolute Gasteiger partial charge is 0.398 e. The lowest BCUT2D eigenvalue weighted by Crippen LogP contribution is -1.96. The number of halogens is 1. The monoisotopic (exact) mass is 234 g/mol. The van der Waals surface area contributed by atoms with Gasteiger partial charge < -0.3 is 5.73 Å². The van der Waals surface area contributed by atoms with Crippen molar-refractivity contribution >= 4 is 17.4 Å². The van der Waals surface area contributed by atoms with Crippen LogP contribution in [0.4, 0.5) is 10.1 Å². The maximum absolute atomic E-state index is 13.4. The van der Waals surface area contributed by atoms with Crippen LogP contribution in [0.3, 0.4) is 0 Å². The van der Waals surface area contributed by atoms with Gasteiger partial charge in [0.2, 0.25) is 0 Å². The van der Waals surface area contributed by atoms with E-state index in [2.05, 4.69) is 4.98 Å². The van der Waals surface area contributed by atoms with Crippen molar-refractivity contribution in [2.75, 3.05) is 5.73 Å². The first kappa shape index (κ1) is 11.0. The Morgan fingerprint density at radius 1 is 1.19 bits per heavy atom. The molecule has 0 fully saturated rings. The molecule has 4 heteroatoms. The quantitative estimate of drug-likeness (QED) is 0.655. The molecule has 2 rings (SSSR count). The van der Waals surface area contributed by atoms with Crippen molar-refractivity contribution in [3.05, 3.63) is 54.1 Å². The lowest BCUT2D eigenvalue weighted by Gasteiger charge is -2.06. The molecule has 0 unspecified atom stereocenters. The predicted molar refractivity (Wildman–Crippen MR) is 64.6 cm³/mol. The summed E-state index contributed by atoms with van der Waals surface area (Å²) in [6, 6.07) is 8.54. The summed E-state index contributed by atoms with van der Waals surface area (Å²) >= 11 is 1.54. The molecule has 1 aromatic carbocycles. The van der Waals surface area contributed by atoms with Gasteiger partial charge in [-0.2, -0.15) is 0 Å². The van der Waals surface area contributed by atoms with Crippen LogP contribution in [-0.4, -0.2) is 4.98 Å². The lowest BCUT2D eigenvalue weighted by atomic mass is 10.2. The molecule has 0 aliphatic carbocycles. The SMILES string of the molecule is Nc1cccc(F)c1CSc1ccncc1. The van der Waals surface area contributed by atoms with Crippen LogP contribution in [0.5, 0.6) is 0 Å². The van der Waals surface area contributed by atoms with E-state index in [1.165, 1.54) is 6.07 Å². The second-order valence-electron chi connectivity index (χ2n) is 3.28. The highest BCUT2D eigenvalue weighted by Crippen LogP contribution is 2.26. The number of rotatable bonds is 3. The topological polar surface area (TPSA) is 38.9 Å². The number of nitrogens with two attached hydrogens (primary N) is 1. The highest BCUT2D eigenvalue weighted by atomic mass is 32.2. The van der Waals surface area contributed by atoms with Gasteiger partial charge in [-0.15, -0.1) is 11.8 Å². The summed E-state index contributed by atoms with van der Waals surface area (Å²) in [5, 5.41) is 0. The Labute approximate surface area is 97.7 Å². The van der Waals surface area contributed by atoms with Gasteiger partial charge in [0.05, 0.1) is 0 Å². The number of hydrogen-bond donors (Lipinski definition) is 1. The molecule has 0 aliphatic heterocycles. The van der Waals surface area contributed by atoms with Gasteiger partial charge in [0, 0.05) is 34.3 Å². The van der Waals surface area contributed by atoms with Gasteiger partial charge in [0.25, 0.3) is 0 Å². The van der Waals surface area contributed by atoms with Gasteiger partial charge in [-0.1, -0.05) is 6.07 Å². The van der Waals surface area contributed by atoms with E-state index in [1.54, 1.807) is 36.3 Å². The second kappa shape index (κ2) is 4.99. The van der Waals surface area contributed by atoms with Gasteiger partial charge in [-0.25, -0.2) is 4.39 Å². The standard InChI is InChI=1S/C12H11FN2S/c13-11-2-1-3-12(14)10(11)8-16-9-4-6-15-7-5-9/h1-7H,8,14H2. The minimum atomic E-state index is -0.249. The molecule has 0 spiro atoms. The van der Waals surface area contributed by atoms with Crippen LogP contribution in [0, 0.1) is 5.82 Å². The highest BCUT2D eigenvalue weighted by molar-refractivity contribution is 7.98. The normalized spacial score (nSPS) is 10.3. The number of hydrogen-bond acceptors (Lipinski definition) is 3. The Hall–Kier alpha value is -1.55. The van der Waals surface area contributed by atoms with E-state index in [1.807, 2.05) is 12.1 Å². The van der Waals surface area contributed by atoms with Crippen molar-refractivity contribution in [3.8, 4) is 0 Å². The van der Waals surface area contributed by atoms with Gasteiger partial charge in [-0.3, -0.25) is 4.98 Å². The van der Waals surface area contributed by atoms with Gasteiger partial charge in [-0.05, 0) is 24.3 Å². The number of thioether (sulfide) groups is 1. The Bertz CT molecular complexity index is 453. The zero-order valence-electron chi connectivity index (χ0n) is 8.56. The molecule has 0 saturated heterocycles. The zero-order valence-corrected chi connectivity index (χ0v) is 9.38. The zero-order chi connectivity index (χ0) is 11.4. The van der Waals surface area contributed by atoms with Crippen molar-refractivity contribution in [2.24, 2.45) is 0 Å². The number of benzene rings is 1. The molecule has 0 amide bonds. The fourth-order valence-corrected chi connectivity index (χ4v) is 2.25. The van der Waals surface area contributed by atoms with Gasteiger partial charge >= 0.3 is 0 Å². The minimum absolute atomic E-state index is 0.249. The maximum Gasteiger partial charge on any atom is 0.129 e. The Morgan fingerprint density at radius 3 is 2.62 bits per heavy atom. The molecule has 1 aromatic heterocycles. The average Bonchev–Trinajstić information content (AvgIpc) is 2.30. The summed E-state index contributed by atoms with van der Waals surface area (Å²) in [5.41, 5.74) is 6.78. The average molecular weight is 234 g/mol. The van der Waals surface area contributed by atoms with E-state index in [4.69, 9.17) is 5.73 Å². The van der Waals surface area contributed by atoms with E-state index in [-0.39, 0.29) is 5.82 Å². The summed E-state index contributed by atoms with van der Waals surface area (Å²) in [7, 11) is 0.